The van der Waals surface area contributed by atoms with E-state index in [0.717, 1.165) is 56.7 Å². The third-order valence-electron chi connectivity index (χ3n) is 4.18. The van der Waals surface area contributed by atoms with Gasteiger partial charge in [-0.2, -0.15) is 0 Å². The van der Waals surface area contributed by atoms with E-state index in [9.17, 15) is 9.00 Å². The zero-order valence-corrected chi connectivity index (χ0v) is 12.0. The van der Waals surface area contributed by atoms with E-state index in [-0.39, 0.29) is 17.4 Å². The number of carbonyl (C=O) groups excluding carboxylic acids is 1. The Morgan fingerprint density at radius 1 is 1.44 bits per heavy atom. The number of hydrogen-bond acceptors (Lipinski definition) is 3. The van der Waals surface area contributed by atoms with Crippen LogP contribution in [0.15, 0.2) is 0 Å². The van der Waals surface area contributed by atoms with E-state index >= 15 is 0 Å². The lowest BCUT2D eigenvalue weighted by atomic mass is 9.81. The molecule has 1 atom stereocenters. The molecule has 1 amide bonds. The van der Waals surface area contributed by atoms with Crippen LogP contribution in [0.25, 0.3) is 0 Å². The van der Waals surface area contributed by atoms with Crippen LogP contribution in [0.1, 0.15) is 39.0 Å². The Morgan fingerprint density at radius 2 is 2.17 bits per heavy atom. The summed E-state index contributed by atoms with van der Waals surface area (Å²) in [6.07, 6.45) is 4.70. The topological polar surface area (TPSA) is 58.2 Å². The van der Waals surface area contributed by atoms with Gasteiger partial charge in [-0.3, -0.25) is 9.00 Å². The van der Waals surface area contributed by atoms with Crippen LogP contribution in [0.2, 0.25) is 0 Å². The van der Waals surface area contributed by atoms with Crippen molar-refractivity contribution in [2.45, 2.75) is 45.1 Å². The van der Waals surface area contributed by atoms with E-state index in [1.165, 1.54) is 0 Å². The van der Waals surface area contributed by atoms with Gasteiger partial charge in [-0.25, -0.2) is 0 Å². The predicted molar refractivity (Wildman–Crippen MR) is 73.9 cm³/mol. The number of carbonyl (C=O) groups is 1. The number of amides is 1. The maximum atomic E-state index is 12.5. The average molecular weight is 272 g/mol. The predicted octanol–water partition coefficient (Wildman–Crippen LogP) is 0.793. The summed E-state index contributed by atoms with van der Waals surface area (Å²) in [5.74, 6) is 1.69. The van der Waals surface area contributed by atoms with Crippen molar-refractivity contribution in [3.05, 3.63) is 0 Å². The van der Waals surface area contributed by atoms with E-state index in [0.29, 0.717) is 0 Å². The fourth-order valence-corrected chi connectivity index (χ4v) is 4.32. The maximum Gasteiger partial charge on any atom is 0.227 e. The first-order valence-corrected chi connectivity index (χ1v) is 8.52. The smallest absolute Gasteiger partial charge is 0.227 e. The Bertz CT molecular complexity index is 317. The van der Waals surface area contributed by atoms with Crippen LogP contribution in [0.3, 0.4) is 0 Å². The van der Waals surface area contributed by atoms with Crippen LogP contribution >= 0.6 is 0 Å². The average Bonchev–Trinajstić information content (AvgIpc) is 2.82. The molecule has 0 aromatic heterocycles. The molecule has 2 heterocycles. The van der Waals surface area contributed by atoms with Crippen molar-refractivity contribution in [2.75, 3.05) is 24.6 Å². The molecule has 104 valence electrons. The Morgan fingerprint density at radius 3 is 2.72 bits per heavy atom. The molecule has 0 spiro atoms. The Labute approximate surface area is 112 Å². The standard InChI is InChI=1S/C13H24N2O2S/c1-2-5-13(6-7-14-10-13)12(16)15-11-3-8-18(17)9-4-11/h11,14H,2-10H2,1H3,(H,15,16). The van der Waals surface area contributed by atoms with Crippen LogP contribution in [-0.4, -0.2) is 40.8 Å². The highest BCUT2D eigenvalue weighted by atomic mass is 32.2. The van der Waals surface area contributed by atoms with E-state index in [4.69, 9.17) is 0 Å². The molecule has 2 saturated heterocycles. The van der Waals surface area contributed by atoms with E-state index in [1.54, 1.807) is 0 Å². The minimum absolute atomic E-state index is 0.189. The Balaban J connectivity index is 1.91. The molecule has 2 aliphatic heterocycles. The van der Waals surface area contributed by atoms with Crippen molar-refractivity contribution >= 4 is 16.7 Å². The lowest BCUT2D eigenvalue weighted by Crippen LogP contribution is -2.48. The lowest BCUT2D eigenvalue weighted by Gasteiger charge is -2.31. The molecular formula is C13H24N2O2S. The molecule has 2 rings (SSSR count). The van der Waals surface area contributed by atoms with Crippen LogP contribution in [0.4, 0.5) is 0 Å². The summed E-state index contributed by atoms with van der Waals surface area (Å²) >= 11 is 0. The van der Waals surface area contributed by atoms with Crippen LogP contribution in [0, 0.1) is 5.41 Å². The minimum Gasteiger partial charge on any atom is -0.353 e. The summed E-state index contributed by atoms with van der Waals surface area (Å²) in [6.45, 7) is 3.89. The fraction of sp³-hybridized carbons (Fsp3) is 0.923. The molecule has 2 N–H and O–H groups in total. The van der Waals surface area contributed by atoms with Gasteiger partial charge in [0.15, 0.2) is 0 Å². The van der Waals surface area contributed by atoms with Crippen molar-refractivity contribution in [1.82, 2.24) is 10.6 Å². The highest BCUT2D eigenvalue weighted by molar-refractivity contribution is 7.85. The van der Waals surface area contributed by atoms with Crippen molar-refractivity contribution in [1.29, 1.82) is 0 Å². The van der Waals surface area contributed by atoms with Crippen molar-refractivity contribution < 1.29 is 9.00 Å². The fourth-order valence-electron chi connectivity index (χ4n) is 3.02. The molecule has 0 aliphatic carbocycles. The largest absolute Gasteiger partial charge is 0.353 e. The second-order valence-corrected chi connectivity index (χ2v) is 7.25. The summed E-state index contributed by atoms with van der Waals surface area (Å²) in [7, 11) is -0.655. The van der Waals surface area contributed by atoms with Crippen LogP contribution in [-0.2, 0) is 15.6 Å². The van der Waals surface area contributed by atoms with Gasteiger partial charge >= 0.3 is 0 Å². The van der Waals surface area contributed by atoms with Crippen LogP contribution in [0.5, 0.6) is 0 Å². The third kappa shape index (κ3) is 3.12. The molecule has 0 bridgehead atoms. The molecule has 4 nitrogen and oxygen atoms in total. The quantitative estimate of drug-likeness (QED) is 0.795. The van der Waals surface area contributed by atoms with Gasteiger partial charge < -0.3 is 10.6 Å². The van der Waals surface area contributed by atoms with Gasteiger partial charge in [0.2, 0.25) is 5.91 Å². The number of nitrogens with one attached hydrogen (secondary N) is 2. The normalized spacial score (nSPS) is 36.5. The Kier molecular flexibility index (Phi) is 4.78. The summed E-state index contributed by atoms with van der Waals surface area (Å²) in [5.41, 5.74) is -0.189. The summed E-state index contributed by atoms with van der Waals surface area (Å²) in [6, 6.07) is 0.240. The molecule has 0 radical (unpaired) electrons. The van der Waals surface area contributed by atoms with E-state index < -0.39 is 10.8 Å². The molecular weight excluding hydrogens is 248 g/mol. The molecule has 2 fully saturated rings. The molecule has 18 heavy (non-hydrogen) atoms. The third-order valence-corrected chi connectivity index (χ3v) is 5.56. The zero-order chi connectivity index (χ0) is 13.0. The first-order chi connectivity index (χ1) is 8.66. The van der Waals surface area contributed by atoms with Gasteiger partial charge in [0.05, 0.1) is 5.41 Å². The van der Waals surface area contributed by atoms with Gasteiger partial charge in [0.1, 0.15) is 0 Å². The highest BCUT2D eigenvalue weighted by Crippen LogP contribution is 2.31. The SMILES string of the molecule is CCCC1(C(=O)NC2CCS(=O)CC2)CCNC1. The van der Waals surface area contributed by atoms with Crippen molar-refractivity contribution in [2.24, 2.45) is 5.41 Å². The number of rotatable bonds is 4. The molecule has 2 aliphatic rings. The lowest BCUT2D eigenvalue weighted by molar-refractivity contribution is -0.131. The van der Waals surface area contributed by atoms with Crippen molar-refractivity contribution in [3.8, 4) is 0 Å². The second kappa shape index (κ2) is 6.15. The maximum absolute atomic E-state index is 12.5. The van der Waals surface area contributed by atoms with Gasteiger partial charge in [0.25, 0.3) is 0 Å². The molecule has 0 aromatic rings. The van der Waals surface area contributed by atoms with E-state index in [1.807, 2.05) is 0 Å². The summed E-state index contributed by atoms with van der Waals surface area (Å²) < 4.78 is 11.3. The van der Waals surface area contributed by atoms with Gasteiger partial charge in [-0.05, 0) is 32.2 Å². The Hall–Kier alpha value is -0.420. The molecule has 5 heteroatoms. The molecule has 1 unspecified atom stereocenters. The van der Waals surface area contributed by atoms with Gasteiger partial charge in [0, 0.05) is 34.9 Å². The summed E-state index contributed by atoms with van der Waals surface area (Å²) in [4.78, 5) is 12.5. The minimum atomic E-state index is -0.655. The van der Waals surface area contributed by atoms with E-state index in [2.05, 4.69) is 17.6 Å². The number of hydrogen-bond donors (Lipinski definition) is 2. The first kappa shape index (κ1) is 14.0. The van der Waals surface area contributed by atoms with Crippen molar-refractivity contribution in [3.63, 3.8) is 0 Å². The van der Waals surface area contributed by atoms with Crippen LogP contribution < -0.4 is 10.6 Å². The molecule has 0 saturated carbocycles. The molecule has 0 aromatic carbocycles. The highest BCUT2D eigenvalue weighted by Gasteiger charge is 2.41. The second-order valence-electron chi connectivity index (χ2n) is 5.55. The van der Waals surface area contributed by atoms with Gasteiger partial charge in [-0.15, -0.1) is 0 Å². The first-order valence-electron chi connectivity index (χ1n) is 7.03. The zero-order valence-electron chi connectivity index (χ0n) is 11.2. The summed E-state index contributed by atoms with van der Waals surface area (Å²) in [5, 5.41) is 6.51. The van der Waals surface area contributed by atoms with Gasteiger partial charge in [-0.1, -0.05) is 13.3 Å². The monoisotopic (exact) mass is 272 g/mol.